The first-order valence-electron chi connectivity index (χ1n) is 9.37. The third-order valence-electron chi connectivity index (χ3n) is 4.58. The van der Waals surface area contributed by atoms with E-state index in [9.17, 15) is 9.59 Å². The Labute approximate surface area is 182 Å². The average Bonchev–Trinajstić information content (AvgIpc) is 2.78. The minimum absolute atomic E-state index is 0.279. The maximum absolute atomic E-state index is 12.5. The lowest BCUT2D eigenvalue weighted by Gasteiger charge is -2.12. The molecule has 4 aromatic rings. The first kappa shape index (κ1) is 20.4. The summed E-state index contributed by atoms with van der Waals surface area (Å²) in [5.41, 5.74) is 1.17. The second-order valence-electron chi connectivity index (χ2n) is 6.68. The molecule has 2 heterocycles. The van der Waals surface area contributed by atoms with Gasteiger partial charge in [-0.25, -0.2) is 9.78 Å². The first-order valence-corrected chi connectivity index (χ1v) is 9.75. The van der Waals surface area contributed by atoms with E-state index in [1.165, 1.54) is 24.1 Å². The summed E-state index contributed by atoms with van der Waals surface area (Å²) in [6.07, 6.45) is 2.96. The summed E-state index contributed by atoms with van der Waals surface area (Å²) in [7, 11) is 1.51. The summed E-state index contributed by atoms with van der Waals surface area (Å²) in [5, 5.41) is 0.395. The topological polar surface area (TPSA) is 86.2 Å². The molecule has 2 aromatic heterocycles. The number of nitrogens with one attached hydrogen (secondary N) is 1. The number of aromatic nitrogens is 3. The molecule has 0 atom stereocenters. The fourth-order valence-electron chi connectivity index (χ4n) is 3.04. The molecule has 4 rings (SSSR count). The van der Waals surface area contributed by atoms with E-state index >= 15 is 0 Å². The Morgan fingerprint density at radius 1 is 1.06 bits per heavy atom. The second kappa shape index (κ2) is 8.89. The molecule has 8 heteroatoms. The van der Waals surface area contributed by atoms with Crippen LogP contribution in [0.25, 0.3) is 16.8 Å². The summed E-state index contributed by atoms with van der Waals surface area (Å²) >= 11 is 6.26. The van der Waals surface area contributed by atoms with Gasteiger partial charge in [-0.3, -0.25) is 14.3 Å². The minimum atomic E-state index is -0.591. The molecule has 2 aromatic carbocycles. The van der Waals surface area contributed by atoms with Gasteiger partial charge < -0.3 is 9.47 Å². The zero-order valence-electron chi connectivity index (χ0n) is 16.5. The zero-order valence-corrected chi connectivity index (χ0v) is 17.3. The van der Waals surface area contributed by atoms with Crippen LogP contribution in [-0.4, -0.2) is 21.6 Å². The first-order chi connectivity index (χ1) is 15.0. The minimum Gasteiger partial charge on any atom is -0.489 e. The Bertz CT molecular complexity index is 1320. The molecule has 0 aliphatic rings. The number of benzene rings is 2. The third kappa shape index (κ3) is 4.67. The number of aromatic amines is 1. The Balaban J connectivity index is 1.70. The Morgan fingerprint density at radius 2 is 1.87 bits per heavy atom. The quantitative estimate of drug-likeness (QED) is 0.497. The van der Waals surface area contributed by atoms with Crippen LogP contribution < -0.4 is 20.7 Å². The van der Waals surface area contributed by atoms with Crippen molar-refractivity contribution in [2.24, 2.45) is 0 Å². The number of rotatable bonds is 6. The van der Waals surface area contributed by atoms with E-state index in [4.69, 9.17) is 21.1 Å². The molecule has 31 heavy (non-hydrogen) atoms. The predicted octanol–water partition coefficient (Wildman–Crippen LogP) is 3.83. The summed E-state index contributed by atoms with van der Waals surface area (Å²) in [5.74, 6) is 0.917. The predicted molar refractivity (Wildman–Crippen MR) is 118 cm³/mol. The van der Waals surface area contributed by atoms with Gasteiger partial charge in [-0.15, -0.1) is 0 Å². The molecule has 7 nitrogen and oxygen atoms in total. The van der Waals surface area contributed by atoms with Crippen LogP contribution in [0.3, 0.4) is 0 Å². The normalized spacial score (nSPS) is 10.6. The van der Waals surface area contributed by atoms with Crippen molar-refractivity contribution >= 4 is 11.6 Å². The molecule has 1 N–H and O–H groups in total. The van der Waals surface area contributed by atoms with Crippen LogP contribution >= 0.6 is 11.6 Å². The molecular weight excluding hydrogens is 418 g/mol. The van der Waals surface area contributed by atoms with Crippen LogP contribution in [-0.2, 0) is 6.61 Å². The number of hydrogen-bond donors (Lipinski definition) is 1. The molecule has 0 aliphatic carbocycles. The van der Waals surface area contributed by atoms with Crippen molar-refractivity contribution in [1.29, 1.82) is 0 Å². The van der Waals surface area contributed by atoms with Crippen LogP contribution in [0.1, 0.15) is 5.56 Å². The molecular formula is C23H18ClN3O4. The smallest absolute Gasteiger partial charge is 0.332 e. The molecule has 156 valence electrons. The lowest BCUT2D eigenvalue weighted by molar-refractivity contribution is 0.306. The van der Waals surface area contributed by atoms with Crippen LogP contribution in [0.4, 0.5) is 0 Å². The fourth-order valence-corrected chi connectivity index (χ4v) is 3.26. The van der Waals surface area contributed by atoms with Crippen LogP contribution in [0, 0.1) is 0 Å². The van der Waals surface area contributed by atoms with E-state index in [0.717, 1.165) is 5.56 Å². The molecule has 0 spiro atoms. The van der Waals surface area contributed by atoms with Crippen molar-refractivity contribution in [3.63, 3.8) is 0 Å². The summed E-state index contributed by atoms with van der Waals surface area (Å²) in [6.45, 7) is 0.351. The van der Waals surface area contributed by atoms with E-state index in [0.29, 0.717) is 34.5 Å². The average molecular weight is 436 g/mol. The second-order valence-corrected chi connectivity index (χ2v) is 7.12. The number of halogens is 1. The van der Waals surface area contributed by atoms with E-state index in [-0.39, 0.29) is 5.56 Å². The van der Waals surface area contributed by atoms with Crippen molar-refractivity contribution in [1.82, 2.24) is 14.5 Å². The third-order valence-corrected chi connectivity index (χ3v) is 4.80. The Kier molecular flexibility index (Phi) is 5.86. The van der Waals surface area contributed by atoms with Gasteiger partial charge in [-0.05, 0) is 23.8 Å². The van der Waals surface area contributed by atoms with Crippen molar-refractivity contribution in [2.45, 2.75) is 6.61 Å². The van der Waals surface area contributed by atoms with Crippen molar-refractivity contribution in [2.75, 3.05) is 7.11 Å². The maximum atomic E-state index is 12.5. The van der Waals surface area contributed by atoms with E-state index in [1.807, 2.05) is 30.3 Å². The highest BCUT2D eigenvalue weighted by Crippen LogP contribution is 2.25. The number of nitrogens with zero attached hydrogens (tertiary/aromatic N) is 2. The van der Waals surface area contributed by atoms with Gasteiger partial charge in [0.15, 0.2) is 0 Å². The van der Waals surface area contributed by atoms with Gasteiger partial charge in [-0.2, -0.15) is 0 Å². The molecule has 0 amide bonds. The number of ether oxygens (including phenoxy) is 2. The highest BCUT2D eigenvalue weighted by Gasteiger charge is 2.11. The van der Waals surface area contributed by atoms with Crippen molar-refractivity contribution in [3.8, 4) is 28.4 Å². The van der Waals surface area contributed by atoms with Gasteiger partial charge in [0.2, 0.25) is 5.88 Å². The Morgan fingerprint density at radius 3 is 2.58 bits per heavy atom. The van der Waals surface area contributed by atoms with Gasteiger partial charge in [0.25, 0.3) is 5.56 Å². The summed E-state index contributed by atoms with van der Waals surface area (Å²) in [4.78, 5) is 31.4. The lowest BCUT2D eigenvalue weighted by atomic mass is 10.1. The number of hydrogen-bond acceptors (Lipinski definition) is 5. The molecule has 0 fully saturated rings. The lowest BCUT2D eigenvalue weighted by Crippen LogP contribution is -2.29. The van der Waals surface area contributed by atoms with E-state index in [2.05, 4.69) is 9.97 Å². The largest absolute Gasteiger partial charge is 0.489 e. The molecule has 0 unspecified atom stereocenters. The van der Waals surface area contributed by atoms with E-state index in [1.54, 1.807) is 30.3 Å². The van der Waals surface area contributed by atoms with Crippen molar-refractivity contribution < 1.29 is 9.47 Å². The summed E-state index contributed by atoms with van der Waals surface area (Å²) < 4.78 is 12.2. The fraction of sp³-hybridized carbons (Fsp3) is 0.0870. The summed E-state index contributed by atoms with van der Waals surface area (Å²) in [6, 6.07) is 18.0. The SMILES string of the molecule is COc1ccc(-c2cn(-c3cc(Cl)cc(OCc4ccccc4)c3)c(=O)[nH]c2=O)cn1. The Hall–Kier alpha value is -3.84. The van der Waals surface area contributed by atoms with Crippen LogP contribution in [0.5, 0.6) is 11.6 Å². The zero-order chi connectivity index (χ0) is 21.8. The maximum Gasteiger partial charge on any atom is 0.332 e. The van der Waals surface area contributed by atoms with Gasteiger partial charge in [0, 0.05) is 35.1 Å². The molecule has 0 bridgehead atoms. The van der Waals surface area contributed by atoms with Crippen LogP contribution in [0.2, 0.25) is 5.02 Å². The molecule has 0 saturated carbocycles. The number of pyridine rings is 1. The standard InChI is InChI=1S/C23H18ClN3O4/c1-30-21-8-7-16(12-25-21)20-13-27(23(29)26-22(20)28)18-9-17(24)10-19(11-18)31-14-15-5-3-2-4-6-15/h2-13H,14H2,1H3,(H,26,28,29). The van der Waals surface area contributed by atoms with Gasteiger partial charge >= 0.3 is 5.69 Å². The van der Waals surface area contributed by atoms with E-state index < -0.39 is 11.2 Å². The number of H-pyrrole nitrogens is 1. The molecule has 0 radical (unpaired) electrons. The number of methoxy groups -OCH3 is 1. The van der Waals surface area contributed by atoms with Gasteiger partial charge in [0.05, 0.1) is 18.4 Å². The van der Waals surface area contributed by atoms with Gasteiger partial charge in [-0.1, -0.05) is 41.9 Å². The molecule has 0 aliphatic heterocycles. The molecule has 0 saturated heterocycles. The van der Waals surface area contributed by atoms with Crippen molar-refractivity contribution in [3.05, 3.63) is 104 Å². The van der Waals surface area contributed by atoms with Gasteiger partial charge in [0.1, 0.15) is 12.4 Å². The highest BCUT2D eigenvalue weighted by atomic mass is 35.5. The monoisotopic (exact) mass is 435 g/mol. The highest BCUT2D eigenvalue weighted by molar-refractivity contribution is 6.30. The van der Waals surface area contributed by atoms with Crippen LogP contribution in [0.15, 0.2) is 82.6 Å².